The molecule has 6 nitrogen and oxygen atoms in total. The van der Waals surface area contributed by atoms with Gasteiger partial charge in [-0.2, -0.15) is 15.2 Å². The number of anilines is 1. The van der Waals surface area contributed by atoms with Gasteiger partial charge >= 0.3 is 0 Å². The van der Waals surface area contributed by atoms with Gasteiger partial charge in [-0.15, -0.1) is 0 Å². The molecule has 0 aromatic carbocycles. The number of imidazole rings is 1. The molecule has 0 saturated heterocycles. The second-order valence-corrected chi connectivity index (χ2v) is 5.74. The smallest absolute Gasteiger partial charge is 0.236 e. The summed E-state index contributed by atoms with van der Waals surface area (Å²) in [6, 6.07) is 1.90. The summed E-state index contributed by atoms with van der Waals surface area (Å²) in [5, 5.41) is 8.85. The molecule has 0 unspecified atom stereocenters. The average molecular weight is 270 g/mol. The SMILES string of the molecule is CC1CCC(Cn2cnc3nc(C#N)nc(N)c32)CC1. The standard InChI is InChI=1S/C14H18N6/c1-9-2-4-10(5-3-9)7-20-8-17-14-12(20)13(16)18-11(6-15)19-14/h8-10H,2-5,7H2,1H3,(H2,16,18,19). The number of nitrogens with two attached hydrogens (primary N) is 1. The summed E-state index contributed by atoms with van der Waals surface area (Å²) in [5.74, 6) is 1.93. The topological polar surface area (TPSA) is 93.4 Å². The number of aromatic nitrogens is 4. The average Bonchev–Trinajstić information content (AvgIpc) is 2.85. The Hall–Kier alpha value is -2.16. The van der Waals surface area contributed by atoms with Crippen molar-refractivity contribution in [3.8, 4) is 6.07 Å². The van der Waals surface area contributed by atoms with Gasteiger partial charge in [0, 0.05) is 6.54 Å². The molecule has 1 aliphatic rings. The van der Waals surface area contributed by atoms with E-state index < -0.39 is 0 Å². The highest BCUT2D eigenvalue weighted by molar-refractivity contribution is 5.82. The molecule has 0 aliphatic heterocycles. The fourth-order valence-corrected chi connectivity index (χ4v) is 2.99. The van der Waals surface area contributed by atoms with Crippen LogP contribution in [-0.4, -0.2) is 19.5 Å². The number of fused-ring (bicyclic) bond motifs is 1. The van der Waals surface area contributed by atoms with E-state index in [1.165, 1.54) is 25.7 Å². The zero-order valence-corrected chi connectivity index (χ0v) is 11.6. The van der Waals surface area contributed by atoms with Crippen molar-refractivity contribution in [1.82, 2.24) is 19.5 Å². The molecule has 6 heteroatoms. The lowest BCUT2D eigenvalue weighted by Crippen LogP contribution is -2.17. The van der Waals surface area contributed by atoms with Crippen molar-refractivity contribution in [3.63, 3.8) is 0 Å². The first-order valence-electron chi connectivity index (χ1n) is 7.06. The van der Waals surface area contributed by atoms with Crippen molar-refractivity contribution in [3.05, 3.63) is 12.2 Å². The minimum Gasteiger partial charge on any atom is -0.382 e. The molecule has 0 bridgehead atoms. The molecule has 2 aromatic rings. The molecule has 0 amide bonds. The van der Waals surface area contributed by atoms with Crippen molar-refractivity contribution in [2.24, 2.45) is 11.8 Å². The number of hydrogen-bond donors (Lipinski definition) is 1. The maximum Gasteiger partial charge on any atom is 0.236 e. The lowest BCUT2D eigenvalue weighted by molar-refractivity contribution is 0.266. The third-order valence-electron chi connectivity index (χ3n) is 4.19. The minimum absolute atomic E-state index is 0.0757. The molecule has 1 aliphatic carbocycles. The largest absolute Gasteiger partial charge is 0.382 e. The summed E-state index contributed by atoms with van der Waals surface area (Å²) in [6.07, 6.45) is 6.84. The van der Waals surface area contributed by atoms with Crippen LogP contribution in [0.1, 0.15) is 38.4 Å². The van der Waals surface area contributed by atoms with Gasteiger partial charge in [0.25, 0.3) is 0 Å². The number of hydrogen-bond acceptors (Lipinski definition) is 5. The molecular formula is C14H18N6. The molecule has 2 aromatic heterocycles. The Bertz CT molecular complexity index is 660. The van der Waals surface area contributed by atoms with Crippen LogP contribution in [-0.2, 0) is 6.54 Å². The molecule has 0 spiro atoms. The molecule has 1 fully saturated rings. The maximum atomic E-state index is 8.85. The fourth-order valence-electron chi connectivity index (χ4n) is 2.99. The minimum atomic E-state index is 0.0757. The van der Waals surface area contributed by atoms with E-state index in [0.29, 0.717) is 17.4 Å². The van der Waals surface area contributed by atoms with Crippen LogP contribution in [0.15, 0.2) is 6.33 Å². The number of nitrogens with zero attached hydrogens (tertiary/aromatic N) is 5. The van der Waals surface area contributed by atoms with E-state index in [1.807, 2.05) is 10.6 Å². The number of rotatable bonds is 2. The Balaban J connectivity index is 1.87. The van der Waals surface area contributed by atoms with Gasteiger partial charge in [0.15, 0.2) is 11.5 Å². The first kappa shape index (κ1) is 12.9. The molecule has 20 heavy (non-hydrogen) atoms. The van der Waals surface area contributed by atoms with E-state index in [-0.39, 0.29) is 5.82 Å². The fraction of sp³-hybridized carbons (Fsp3) is 0.571. The first-order valence-corrected chi connectivity index (χ1v) is 7.06. The maximum absolute atomic E-state index is 8.85. The van der Waals surface area contributed by atoms with Gasteiger partial charge in [-0.1, -0.05) is 19.8 Å². The first-order chi connectivity index (χ1) is 9.67. The van der Waals surface area contributed by atoms with Crippen molar-refractivity contribution in [2.75, 3.05) is 5.73 Å². The monoisotopic (exact) mass is 270 g/mol. The van der Waals surface area contributed by atoms with Crippen LogP contribution in [0.4, 0.5) is 5.82 Å². The molecule has 2 heterocycles. The Labute approximate surface area is 117 Å². The third-order valence-corrected chi connectivity index (χ3v) is 4.19. The second-order valence-electron chi connectivity index (χ2n) is 5.74. The lowest BCUT2D eigenvalue weighted by Gasteiger charge is -2.26. The van der Waals surface area contributed by atoms with Gasteiger partial charge in [0.1, 0.15) is 11.6 Å². The van der Waals surface area contributed by atoms with Crippen LogP contribution in [0.5, 0.6) is 0 Å². The van der Waals surface area contributed by atoms with Crippen molar-refractivity contribution in [2.45, 2.75) is 39.2 Å². The van der Waals surface area contributed by atoms with E-state index in [9.17, 15) is 0 Å². The highest BCUT2D eigenvalue weighted by Crippen LogP contribution is 2.30. The van der Waals surface area contributed by atoms with Gasteiger partial charge in [-0.25, -0.2) is 4.98 Å². The van der Waals surface area contributed by atoms with Crippen molar-refractivity contribution >= 4 is 17.0 Å². The zero-order chi connectivity index (χ0) is 14.1. The van der Waals surface area contributed by atoms with Gasteiger partial charge in [0.05, 0.1) is 6.33 Å². The normalized spacial score (nSPS) is 22.8. The van der Waals surface area contributed by atoms with Crippen LogP contribution in [0.2, 0.25) is 0 Å². The molecule has 1 saturated carbocycles. The Morgan fingerprint density at radius 3 is 2.80 bits per heavy atom. The summed E-state index contributed by atoms with van der Waals surface area (Å²) in [7, 11) is 0. The highest BCUT2D eigenvalue weighted by atomic mass is 15.1. The number of nitriles is 1. The molecule has 3 rings (SSSR count). The van der Waals surface area contributed by atoms with Gasteiger partial charge in [-0.3, -0.25) is 0 Å². The zero-order valence-electron chi connectivity index (χ0n) is 11.6. The number of nitrogen functional groups attached to an aromatic ring is 1. The van der Waals surface area contributed by atoms with Crippen LogP contribution in [0, 0.1) is 23.2 Å². The van der Waals surface area contributed by atoms with Gasteiger partial charge in [0.2, 0.25) is 5.82 Å². The van der Waals surface area contributed by atoms with Crippen LogP contribution < -0.4 is 5.73 Å². The van der Waals surface area contributed by atoms with Crippen molar-refractivity contribution < 1.29 is 0 Å². The van der Waals surface area contributed by atoms with E-state index >= 15 is 0 Å². The molecule has 104 valence electrons. The van der Waals surface area contributed by atoms with Crippen LogP contribution in [0.25, 0.3) is 11.2 Å². The summed E-state index contributed by atoms with van der Waals surface area (Å²) in [4.78, 5) is 12.3. The quantitative estimate of drug-likeness (QED) is 0.902. The predicted molar refractivity (Wildman–Crippen MR) is 75.6 cm³/mol. The molecule has 2 N–H and O–H groups in total. The molecular weight excluding hydrogens is 252 g/mol. The second kappa shape index (κ2) is 5.08. The lowest BCUT2D eigenvalue weighted by atomic mass is 9.83. The summed E-state index contributed by atoms with van der Waals surface area (Å²) in [5.41, 5.74) is 7.21. The summed E-state index contributed by atoms with van der Waals surface area (Å²) in [6.45, 7) is 3.22. The van der Waals surface area contributed by atoms with Gasteiger partial charge < -0.3 is 10.3 Å². The predicted octanol–water partition coefficient (Wildman–Crippen LogP) is 2.11. The Morgan fingerprint density at radius 2 is 2.10 bits per heavy atom. The Kier molecular flexibility index (Phi) is 3.26. The van der Waals surface area contributed by atoms with E-state index in [0.717, 1.165) is 18.0 Å². The van der Waals surface area contributed by atoms with Crippen molar-refractivity contribution in [1.29, 1.82) is 5.26 Å². The van der Waals surface area contributed by atoms with E-state index in [4.69, 9.17) is 11.0 Å². The van der Waals surface area contributed by atoms with Gasteiger partial charge in [-0.05, 0) is 24.7 Å². The molecule has 0 atom stereocenters. The molecule has 0 radical (unpaired) electrons. The van der Waals surface area contributed by atoms with Crippen LogP contribution in [0.3, 0.4) is 0 Å². The summed E-state index contributed by atoms with van der Waals surface area (Å²) < 4.78 is 2.03. The Morgan fingerprint density at radius 1 is 1.35 bits per heavy atom. The summed E-state index contributed by atoms with van der Waals surface area (Å²) >= 11 is 0. The van der Waals surface area contributed by atoms with E-state index in [2.05, 4.69) is 21.9 Å². The highest BCUT2D eigenvalue weighted by Gasteiger charge is 2.20. The van der Waals surface area contributed by atoms with E-state index in [1.54, 1.807) is 6.33 Å². The third kappa shape index (κ3) is 2.31. The van der Waals surface area contributed by atoms with Crippen LogP contribution >= 0.6 is 0 Å².